The third-order valence-corrected chi connectivity index (χ3v) is 1.00. The van der Waals surface area contributed by atoms with Crippen molar-refractivity contribution >= 4 is 0 Å². The maximum atomic E-state index is 2.12. The fraction of sp³-hybridized carbons (Fsp3) is 0.667. The van der Waals surface area contributed by atoms with Crippen molar-refractivity contribution in [3.05, 3.63) is 11.1 Å². The Balaban J connectivity index is -0.0000000208. The van der Waals surface area contributed by atoms with E-state index in [1.807, 2.05) is 0 Å². The van der Waals surface area contributed by atoms with E-state index in [2.05, 4.69) is 27.7 Å². The van der Waals surface area contributed by atoms with Crippen LogP contribution in [0.2, 0.25) is 0 Å². The van der Waals surface area contributed by atoms with E-state index in [4.69, 9.17) is 0 Å². The van der Waals surface area contributed by atoms with Crippen LogP contribution < -0.4 is 54.3 Å². The summed E-state index contributed by atoms with van der Waals surface area (Å²) in [6.07, 6.45) is 0. The molecular formula is C6H18ClN2Na. The molecule has 0 unspecified atom stereocenters. The molecule has 0 aromatic rings. The van der Waals surface area contributed by atoms with E-state index < -0.39 is 0 Å². The zero-order valence-electron chi connectivity index (χ0n) is 7.79. The molecule has 60 valence electrons. The van der Waals surface area contributed by atoms with E-state index in [0.29, 0.717) is 0 Å². The Labute approximate surface area is 92.7 Å². The minimum Gasteiger partial charge on any atom is -1.00 e. The van der Waals surface area contributed by atoms with E-state index in [1.54, 1.807) is 0 Å². The van der Waals surface area contributed by atoms with Gasteiger partial charge in [-0.05, 0) is 27.7 Å². The molecular weight excluding hydrogens is 159 g/mol. The van der Waals surface area contributed by atoms with Gasteiger partial charge in [0.25, 0.3) is 0 Å². The summed E-state index contributed by atoms with van der Waals surface area (Å²) in [6.45, 7) is 8.48. The average molecular weight is 177 g/mol. The molecule has 0 atom stereocenters. The molecule has 2 nitrogen and oxygen atoms in total. The summed E-state index contributed by atoms with van der Waals surface area (Å²) >= 11 is 0. The van der Waals surface area contributed by atoms with E-state index in [1.165, 1.54) is 11.1 Å². The minimum absolute atomic E-state index is 0. The summed E-state index contributed by atoms with van der Waals surface area (Å²) in [5.41, 5.74) is 2.85. The average Bonchev–Trinajstić information content (AvgIpc) is 1.36. The summed E-state index contributed by atoms with van der Waals surface area (Å²) < 4.78 is 0. The van der Waals surface area contributed by atoms with Gasteiger partial charge in [-0.15, -0.1) is 0 Å². The minimum atomic E-state index is 0. The first-order valence-electron chi connectivity index (χ1n) is 2.25. The number of hydrogen-bond donors (Lipinski definition) is 2. The van der Waals surface area contributed by atoms with E-state index in [9.17, 15) is 0 Å². The zero-order chi connectivity index (χ0) is 5.15. The SMILES string of the molecule is CC(C)=C(C)C.N.N.[Cl-].[Na+]. The third kappa shape index (κ3) is 23.1. The van der Waals surface area contributed by atoms with Gasteiger partial charge in [0.2, 0.25) is 0 Å². The molecule has 0 aliphatic carbocycles. The van der Waals surface area contributed by atoms with Crippen LogP contribution in [0.25, 0.3) is 0 Å². The molecule has 10 heavy (non-hydrogen) atoms. The molecule has 0 amide bonds. The molecule has 0 saturated heterocycles. The smallest absolute Gasteiger partial charge is 1.00 e. The van der Waals surface area contributed by atoms with E-state index >= 15 is 0 Å². The van der Waals surface area contributed by atoms with E-state index in [-0.39, 0.29) is 54.3 Å². The Hall–Kier alpha value is 0.950. The molecule has 0 aliphatic heterocycles. The van der Waals surface area contributed by atoms with Crippen molar-refractivity contribution in [1.29, 1.82) is 0 Å². The molecule has 0 spiro atoms. The Bertz CT molecular complexity index is 65.8. The second kappa shape index (κ2) is 16.5. The van der Waals surface area contributed by atoms with Crippen LogP contribution >= 0.6 is 0 Å². The van der Waals surface area contributed by atoms with Crippen LogP contribution in [-0.4, -0.2) is 0 Å². The summed E-state index contributed by atoms with van der Waals surface area (Å²) in [5.74, 6) is 0. The molecule has 0 aliphatic rings. The second-order valence-corrected chi connectivity index (χ2v) is 2.00. The molecule has 6 N–H and O–H groups in total. The van der Waals surface area contributed by atoms with Gasteiger partial charge in [-0.25, -0.2) is 0 Å². The molecule has 0 aromatic carbocycles. The Morgan fingerprint density at radius 1 is 0.700 bits per heavy atom. The third-order valence-electron chi connectivity index (χ3n) is 1.00. The van der Waals surface area contributed by atoms with Gasteiger partial charge < -0.3 is 24.7 Å². The number of hydrogen-bond acceptors (Lipinski definition) is 2. The first-order chi connectivity index (χ1) is 2.64. The number of rotatable bonds is 0. The molecule has 0 saturated carbocycles. The molecule has 0 fully saturated rings. The molecule has 0 aromatic heterocycles. The first kappa shape index (κ1) is 30.6. The fourth-order valence-electron chi connectivity index (χ4n) is 0. The van der Waals surface area contributed by atoms with Crippen molar-refractivity contribution in [2.45, 2.75) is 27.7 Å². The van der Waals surface area contributed by atoms with Gasteiger partial charge in [0, 0.05) is 0 Å². The van der Waals surface area contributed by atoms with Gasteiger partial charge in [-0.1, -0.05) is 11.1 Å². The summed E-state index contributed by atoms with van der Waals surface area (Å²) in [5, 5.41) is 0. The quantitative estimate of drug-likeness (QED) is 0.300. The van der Waals surface area contributed by atoms with E-state index in [0.717, 1.165) is 0 Å². The van der Waals surface area contributed by atoms with Crippen molar-refractivity contribution in [2.24, 2.45) is 0 Å². The molecule has 0 bridgehead atoms. The summed E-state index contributed by atoms with van der Waals surface area (Å²) in [7, 11) is 0. The van der Waals surface area contributed by atoms with Crippen molar-refractivity contribution < 1.29 is 42.0 Å². The maximum absolute atomic E-state index is 2.12. The Kier molecular flexibility index (Phi) is 50.5. The molecule has 0 radical (unpaired) electrons. The zero-order valence-corrected chi connectivity index (χ0v) is 10.5. The monoisotopic (exact) mass is 176 g/mol. The summed E-state index contributed by atoms with van der Waals surface area (Å²) in [6, 6.07) is 0. The van der Waals surface area contributed by atoms with Gasteiger partial charge >= 0.3 is 29.6 Å². The second-order valence-electron chi connectivity index (χ2n) is 2.00. The van der Waals surface area contributed by atoms with Crippen LogP contribution in [0, 0.1) is 0 Å². The van der Waals surface area contributed by atoms with Crippen molar-refractivity contribution in [3.63, 3.8) is 0 Å². The van der Waals surface area contributed by atoms with Crippen LogP contribution in [0.3, 0.4) is 0 Å². The maximum Gasteiger partial charge on any atom is 1.00 e. The van der Waals surface area contributed by atoms with Gasteiger partial charge in [0.15, 0.2) is 0 Å². The van der Waals surface area contributed by atoms with Crippen LogP contribution in [0.4, 0.5) is 0 Å². The Morgan fingerprint density at radius 2 is 0.800 bits per heavy atom. The van der Waals surface area contributed by atoms with Crippen LogP contribution in [0.1, 0.15) is 27.7 Å². The normalized spacial score (nSPS) is 4.80. The van der Waals surface area contributed by atoms with Crippen molar-refractivity contribution in [1.82, 2.24) is 12.3 Å². The van der Waals surface area contributed by atoms with Crippen LogP contribution in [0.15, 0.2) is 11.1 Å². The van der Waals surface area contributed by atoms with Crippen molar-refractivity contribution in [3.8, 4) is 0 Å². The molecule has 0 rings (SSSR count). The standard InChI is InChI=1S/C6H12.ClH.2H3N.Na/c1-5(2)6(3)4;;;;/h1-4H3;1H;2*1H3;/q;;;;+1/p-1. The predicted molar refractivity (Wildman–Crippen MR) is 39.8 cm³/mol. The van der Waals surface area contributed by atoms with Gasteiger partial charge in [-0.2, -0.15) is 0 Å². The molecule has 4 heteroatoms. The summed E-state index contributed by atoms with van der Waals surface area (Å²) in [4.78, 5) is 0. The topological polar surface area (TPSA) is 70.0 Å². The Morgan fingerprint density at radius 3 is 0.800 bits per heavy atom. The number of allylic oxidation sites excluding steroid dienone is 2. The predicted octanol–water partition coefficient (Wildman–Crippen LogP) is -3.31. The van der Waals surface area contributed by atoms with Crippen LogP contribution in [-0.2, 0) is 0 Å². The van der Waals surface area contributed by atoms with Gasteiger partial charge in [0.05, 0.1) is 0 Å². The first-order valence-corrected chi connectivity index (χ1v) is 2.25. The van der Waals surface area contributed by atoms with Crippen LogP contribution in [0.5, 0.6) is 0 Å². The van der Waals surface area contributed by atoms with Gasteiger partial charge in [-0.3, -0.25) is 0 Å². The fourth-order valence-corrected chi connectivity index (χ4v) is 0. The van der Waals surface area contributed by atoms with Crippen molar-refractivity contribution in [2.75, 3.05) is 0 Å². The van der Waals surface area contributed by atoms with Gasteiger partial charge in [0.1, 0.15) is 0 Å². The number of halogens is 1. The largest absolute Gasteiger partial charge is 1.00 e. The molecule has 0 heterocycles.